The van der Waals surface area contributed by atoms with Gasteiger partial charge in [0.1, 0.15) is 121 Å². The van der Waals surface area contributed by atoms with E-state index in [-0.39, 0.29) is 36.2 Å². The highest BCUT2D eigenvalue weighted by Gasteiger charge is 2.55. The van der Waals surface area contributed by atoms with Gasteiger partial charge in [-0.1, -0.05) is 63.2 Å². The van der Waals surface area contributed by atoms with E-state index in [4.69, 9.17) is 29.1 Å². The quantitative estimate of drug-likeness (QED) is 0.0621. The zero-order valence-electron chi connectivity index (χ0n) is 52.6. The van der Waals surface area contributed by atoms with Crippen molar-refractivity contribution in [1.82, 2.24) is 52.8 Å². The number of carbonyl (C=O) groups excluding carboxylic acids is 7. The predicted molar refractivity (Wildman–Crippen MR) is 326 cm³/mol. The van der Waals surface area contributed by atoms with Crippen molar-refractivity contribution in [3.05, 3.63) is 65.7 Å². The normalized spacial score (nSPS) is 36.4. The van der Waals surface area contributed by atoms with E-state index in [0.717, 1.165) is 4.90 Å². The summed E-state index contributed by atoms with van der Waals surface area (Å²) in [5, 5.41) is 183. The van der Waals surface area contributed by atoms with E-state index in [0.29, 0.717) is 5.56 Å². The molecule has 6 saturated heterocycles. The first-order valence-corrected chi connectivity index (χ1v) is 31.3. The summed E-state index contributed by atoms with van der Waals surface area (Å²) >= 11 is 0. The van der Waals surface area contributed by atoms with Gasteiger partial charge in [0.2, 0.25) is 53.6 Å². The maximum atomic E-state index is 15.2. The van der Waals surface area contributed by atoms with Crippen molar-refractivity contribution in [2.24, 2.45) is 10.9 Å². The van der Waals surface area contributed by atoms with Crippen LogP contribution in [0.2, 0.25) is 0 Å². The number of aliphatic hydroxyl groups is 14. The average molecular weight is 1380 g/mol. The van der Waals surface area contributed by atoms with Crippen molar-refractivity contribution in [2.45, 2.75) is 186 Å². The molecule has 538 valence electrons. The molecule has 0 bridgehead atoms. The molecular weight excluding hydrogens is 1290 g/mol. The van der Waals surface area contributed by atoms with Crippen molar-refractivity contribution in [3.63, 3.8) is 0 Å². The van der Waals surface area contributed by atoms with Crippen molar-refractivity contribution >= 4 is 53.3 Å². The zero-order chi connectivity index (χ0) is 70.9. The Labute approximate surface area is 553 Å². The van der Waals surface area contributed by atoms with E-state index in [9.17, 15) is 95.5 Å². The van der Waals surface area contributed by atoms with E-state index in [1.807, 2.05) is 0 Å². The molecule has 25 unspecified atom stereocenters. The third-order valence-electron chi connectivity index (χ3n) is 17.4. The Morgan fingerprint density at radius 3 is 1.78 bits per heavy atom. The molecule has 2 aromatic carbocycles. The van der Waals surface area contributed by atoms with E-state index in [1.54, 1.807) is 51.1 Å². The van der Waals surface area contributed by atoms with Gasteiger partial charge in [-0.25, -0.2) is 0 Å². The van der Waals surface area contributed by atoms with Crippen molar-refractivity contribution in [3.8, 4) is 5.75 Å². The first-order chi connectivity index (χ1) is 46.1. The lowest BCUT2D eigenvalue weighted by Crippen LogP contribution is -2.69. The molecule has 6 fully saturated rings. The van der Waals surface area contributed by atoms with Crippen molar-refractivity contribution in [2.75, 3.05) is 46.1 Å². The molecule has 38 heteroatoms. The number of nitrogens with one attached hydrogen (secondary N) is 10. The fourth-order valence-electron chi connectivity index (χ4n) is 11.9. The molecule has 0 radical (unpaired) electrons. The van der Waals surface area contributed by atoms with Crippen LogP contribution in [0.15, 0.2) is 59.6 Å². The van der Waals surface area contributed by atoms with Crippen LogP contribution in [0.4, 0.5) is 0 Å². The summed E-state index contributed by atoms with van der Waals surface area (Å²) in [6, 6.07) is 0.421. The van der Waals surface area contributed by atoms with Gasteiger partial charge in [-0.15, -0.1) is 0 Å². The molecule has 0 aliphatic carbocycles. The molecule has 0 spiro atoms. The van der Waals surface area contributed by atoms with Gasteiger partial charge in [0.15, 0.2) is 18.5 Å². The Kier molecular flexibility index (Phi) is 25.9. The number of aliphatic imine (C=N–C) groups is 1. The van der Waals surface area contributed by atoms with Gasteiger partial charge >= 0.3 is 0 Å². The number of nitrogens with zero attached hydrogens (tertiary/aromatic N) is 2. The number of aliphatic hydroxyl groups excluding tert-OH is 14. The van der Waals surface area contributed by atoms with Crippen LogP contribution in [-0.2, 0) is 58.9 Å². The summed E-state index contributed by atoms with van der Waals surface area (Å²) in [5.74, 6) is -10.3. The summed E-state index contributed by atoms with van der Waals surface area (Å²) in [6.07, 6.45) is -32.5. The van der Waals surface area contributed by atoms with Gasteiger partial charge in [0, 0.05) is 31.8 Å². The Balaban J connectivity index is 1.14. The number of hydrogen-bond donors (Lipinski definition) is 24. The SMILES string of the molecule is CC(C)CC(=O)/N=C1\NCC(C(O)C2NC(=O)C(C(O)C3CNC(=N)N3)NC(=O)C(Cc3ccc(OC4OC(CO)C(OC5OC(CO)C(O)C(O)C5O)C(O)C4O)cc3)NC(=O)C(C(C)c3ccccc3)NC(=O)CNC(=O)C(CO)NC2=O)N1C1OC(CO)C(O)C(O)C1O. The van der Waals surface area contributed by atoms with Gasteiger partial charge in [-0.05, 0) is 29.2 Å². The Bertz CT molecular complexity index is 3090. The van der Waals surface area contributed by atoms with E-state index in [2.05, 4.69) is 52.8 Å². The summed E-state index contributed by atoms with van der Waals surface area (Å²) in [4.78, 5) is 106. The third-order valence-corrected chi connectivity index (χ3v) is 17.4. The lowest BCUT2D eigenvalue weighted by atomic mass is 9.92. The molecule has 6 aliphatic heterocycles. The second-order valence-electron chi connectivity index (χ2n) is 24.7. The molecule has 24 N–H and O–H groups in total. The minimum Gasteiger partial charge on any atom is -0.462 e. The monoisotopic (exact) mass is 1380 g/mol. The Morgan fingerprint density at radius 1 is 0.588 bits per heavy atom. The smallest absolute Gasteiger partial charge is 0.249 e. The molecule has 7 amide bonds. The van der Waals surface area contributed by atoms with Crippen LogP contribution < -0.4 is 52.6 Å². The topological polar surface area (TPSA) is 597 Å². The minimum absolute atomic E-state index is 0.0863. The van der Waals surface area contributed by atoms with Crippen molar-refractivity contribution < 1.29 is 129 Å². The second-order valence-corrected chi connectivity index (χ2v) is 24.7. The zero-order valence-corrected chi connectivity index (χ0v) is 52.6. The van der Waals surface area contributed by atoms with E-state index >= 15 is 9.59 Å². The molecule has 0 saturated carbocycles. The van der Waals surface area contributed by atoms with Crippen molar-refractivity contribution in [1.29, 1.82) is 5.41 Å². The number of amides is 7. The molecule has 25 atom stereocenters. The molecule has 38 nitrogen and oxygen atoms in total. The maximum Gasteiger partial charge on any atom is 0.249 e. The Morgan fingerprint density at radius 2 is 1.16 bits per heavy atom. The molecule has 0 aromatic heterocycles. The third kappa shape index (κ3) is 17.7. The number of rotatable bonds is 19. The number of ether oxygens (including phenoxy) is 5. The maximum absolute atomic E-state index is 15.2. The number of guanidine groups is 2. The highest BCUT2D eigenvalue weighted by molar-refractivity contribution is 5.99. The number of carbonyl (C=O) groups is 7. The largest absolute Gasteiger partial charge is 0.462 e. The standard InChI is InChI=1S/C59H86N12O26/c1-22(2)13-34(76)68-59-63-16-30(71(59)55-46(85)43(82)41(80)31(19-73)94-55)40(79)38-53(91)65-29(18-72)50(88)61-17-35(77)67-36(23(3)25-7-5-4-6-8-25)52(90)64-27(51(89)69-37(54(92)70-38)39(78)28-15-62-58(60)66-28)14-24-9-11-26(12-10-24)93-56-48(87)45(84)49(33(21-75)96-56)97-57-47(86)44(83)42(81)32(20-74)95-57/h4-12,22-23,27-33,36-49,55-57,72-75,78-87H,13-21H2,1-3H3,(H,61,88)(H,64,90)(H,65,91)(H,67,77)(H,69,89)(H,70,92)(H3,60,62,66)(H,63,68,76). The van der Waals surface area contributed by atoms with Crippen LogP contribution in [0.1, 0.15) is 44.2 Å². The van der Waals surface area contributed by atoms with Crippen LogP contribution in [0, 0.1) is 11.3 Å². The molecule has 8 rings (SSSR count). The lowest BCUT2D eigenvalue weighted by Gasteiger charge is -2.46. The molecular formula is C59H86N12O26. The summed E-state index contributed by atoms with van der Waals surface area (Å²) in [6.45, 7) is -0.643. The van der Waals surface area contributed by atoms with E-state index < -0.39 is 246 Å². The first kappa shape index (κ1) is 75.3. The molecule has 6 aliphatic rings. The Hall–Kier alpha value is -7.45. The van der Waals surface area contributed by atoms with Gasteiger partial charge in [0.05, 0.1) is 45.1 Å². The van der Waals surface area contributed by atoms with Gasteiger partial charge in [-0.3, -0.25) is 39.0 Å². The molecule has 97 heavy (non-hydrogen) atoms. The van der Waals surface area contributed by atoms with Crippen LogP contribution in [-0.4, -0.2) is 322 Å². The number of benzene rings is 2. The van der Waals surface area contributed by atoms with Gasteiger partial charge < -0.3 is 148 Å². The second kappa shape index (κ2) is 33.4. The first-order valence-electron chi connectivity index (χ1n) is 31.3. The van der Waals surface area contributed by atoms with Crippen LogP contribution in [0.3, 0.4) is 0 Å². The van der Waals surface area contributed by atoms with Gasteiger partial charge in [0.25, 0.3) is 0 Å². The summed E-state index contributed by atoms with van der Waals surface area (Å²) in [5.41, 5.74) is 0.682. The molecule has 6 heterocycles. The summed E-state index contributed by atoms with van der Waals surface area (Å²) in [7, 11) is 0. The van der Waals surface area contributed by atoms with Gasteiger partial charge in [-0.2, -0.15) is 4.99 Å². The lowest BCUT2D eigenvalue weighted by molar-refractivity contribution is -0.352. The highest BCUT2D eigenvalue weighted by atomic mass is 16.7. The number of hydrogen-bond acceptors (Lipinski definition) is 27. The fourth-order valence-corrected chi connectivity index (χ4v) is 11.9. The molecule has 2 aromatic rings. The van der Waals surface area contributed by atoms with Crippen LogP contribution in [0.5, 0.6) is 5.75 Å². The van der Waals surface area contributed by atoms with E-state index in [1.165, 1.54) is 24.3 Å². The highest BCUT2D eigenvalue weighted by Crippen LogP contribution is 2.33. The summed E-state index contributed by atoms with van der Waals surface area (Å²) < 4.78 is 28.5. The fraction of sp³-hybridized carbons (Fsp3) is 0.644. The van der Waals surface area contributed by atoms with Crippen LogP contribution >= 0.6 is 0 Å². The minimum atomic E-state index is -2.42. The van der Waals surface area contributed by atoms with Crippen LogP contribution in [0.25, 0.3) is 0 Å². The predicted octanol–water partition coefficient (Wildman–Crippen LogP) is -12.2. The average Bonchev–Trinajstić information content (AvgIpc) is 1.49.